The van der Waals surface area contributed by atoms with Crippen molar-refractivity contribution in [3.05, 3.63) is 35.6 Å². The Hall–Kier alpha value is -0.900. The fourth-order valence-corrected chi connectivity index (χ4v) is 2.53. The molecule has 0 aliphatic carbocycles. The van der Waals surface area contributed by atoms with Crippen LogP contribution in [-0.4, -0.2) is 51.4 Å². The van der Waals surface area contributed by atoms with Gasteiger partial charge in [-0.05, 0) is 17.7 Å². The molecule has 0 atom stereocenters. The zero-order chi connectivity index (χ0) is 15.9. The third-order valence-electron chi connectivity index (χ3n) is 3.02. The van der Waals surface area contributed by atoms with Crippen molar-refractivity contribution in [1.82, 2.24) is 10.2 Å². The van der Waals surface area contributed by atoms with Crippen LogP contribution >= 0.6 is 24.0 Å². The van der Waals surface area contributed by atoms with E-state index in [4.69, 9.17) is 0 Å². The second-order valence-electron chi connectivity index (χ2n) is 4.70. The van der Waals surface area contributed by atoms with Crippen molar-refractivity contribution in [2.24, 2.45) is 4.99 Å². The van der Waals surface area contributed by atoms with Crippen molar-refractivity contribution >= 4 is 39.8 Å². The minimum atomic E-state index is -3.00. The fourth-order valence-electron chi connectivity index (χ4n) is 1.83. The molecule has 22 heavy (non-hydrogen) atoms. The lowest BCUT2D eigenvalue weighted by molar-refractivity contribution is 0.476. The number of aliphatic imine (C=N–C) groups is 1. The van der Waals surface area contributed by atoms with Crippen molar-refractivity contribution in [2.45, 2.75) is 13.5 Å². The molecule has 1 aromatic rings. The molecule has 0 saturated heterocycles. The minimum Gasteiger partial charge on any atom is -0.355 e. The first-order chi connectivity index (χ1) is 9.88. The second kappa shape index (κ2) is 9.98. The molecule has 126 valence electrons. The Morgan fingerprint density at radius 2 is 2.09 bits per heavy atom. The summed E-state index contributed by atoms with van der Waals surface area (Å²) in [5, 5.41) is 3.00. The van der Waals surface area contributed by atoms with Crippen LogP contribution in [0.2, 0.25) is 0 Å². The maximum atomic E-state index is 13.1. The highest BCUT2D eigenvalue weighted by molar-refractivity contribution is 14.0. The van der Waals surface area contributed by atoms with Gasteiger partial charge in [0.2, 0.25) is 0 Å². The van der Waals surface area contributed by atoms with E-state index in [1.165, 1.54) is 12.1 Å². The van der Waals surface area contributed by atoms with Gasteiger partial charge in [-0.2, -0.15) is 0 Å². The van der Waals surface area contributed by atoms with Gasteiger partial charge in [-0.25, -0.2) is 12.8 Å². The average Bonchev–Trinajstić information content (AvgIpc) is 2.43. The first-order valence-corrected chi connectivity index (χ1v) is 8.56. The van der Waals surface area contributed by atoms with Gasteiger partial charge in [0.25, 0.3) is 0 Å². The van der Waals surface area contributed by atoms with Crippen molar-refractivity contribution in [3.63, 3.8) is 0 Å². The van der Waals surface area contributed by atoms with Crippen molar-refractivity contribution in [3.8, 4) is 0 Å². The van der Waals surface area contributed by atoms with Crippen LogP contribution in [-0.2, 0) is 16.4 Å². The largest absolute Gasteiger partial charge is 0.355 e. The smallest absolute Gasteiger partial charge is 0.193 e. The molecule has 1 aromatic carbocycles. The molecule has 0 fully saturated rings. The Bertz CT molecular complexity index is 594. The lowest BCUT2D eigenvalue weighted by Crippen LogP contribution is -2.40. The molecule has 0 heterocycles. The van der Waals surface area contributed by atoms with Crippen molar-refractivity contribution in [1.29, 1.82) is 0 Å². The Morgan fingerprint density at radius 1 is 1.41 bits per heavy atom. The molecule has 0 bridgehead atoms. The highest BCUT2D eigenvalue weighted by atomic mass is 127. The minimum absolute atomic E-state index is 0. The van der Waals surface area contributed by atoms with Gasteiger partial charge in [-0.1, -0.05) is 19.1 Å². The molecule has 5 nitrogen and oxygen atoms in total. The lowest BCUT2D eigenvalue weighted by atomic mass is 10.2. The van der Waals surface area contributed by atoms with Crippen LogP contribution < -0.4 is 5.32 Å². The van der Waals surface area contributed by atoms with Crippen LogP contribution in [0.25, 0.3) is 0 Å². The van der Waals surface area contributed by atoms with Crippen LogP contribution in [0.3, 0.4) is 0 Å². The highest BCUT2D eigenvalue weighted by Crippen LogP contribution is 2.06. The van der Waals surface area contributed by atoms with Crippen LogP contribution in [0.5, 0.6) is 0 Å². The van der Waals surface area contributed by atoms with Gasteiger partial charge in [0.1, 0.15) is 5.82 Å². The van der Waals surface area contributed by atoms with E-state index in [2.05, 4.69) is 10.3 Å². The highest BCUT2D eigenvalue weighted by Gasteiger charge is 2.10. The number of nitrogens with zero attached hydrogens (tertiary/aromatic N) is 2. The molecule has 0 saturated carbocycles. The zero-order valence-electron chi connectivity index (χ0n) is 13.0. The molecule has 1 N–H and O–H groups in total. The summed E-state index contributed by atoms with van der Waals surface area (Å²) in [6, 6.07) is 6.34. The number of halogens is 2. The van der Waals surface area contributed by atoms with Gasteiger partial charge in [-0.3, -0.25) is 4.99 Å². The van der Waals surface area contributed by atoms with Gasteiger partial charge in [0.05, 0.1) is 5.75 Å². The number of benzene rings is 1. The number of rotatable bonds is 6. The Kier molecular flexibility index (Phi) is 9.58. The van der Waals surface area contributed by atoms with Crippen molar-refractivity contribution in [2.75, 3.05) is 32.1 Å². The molecule has 0 amide bonds. The molecule has 0 radical (unpaired) electrons. The lowest BCUT2D eigenvalue weighted by Gasteiger charge is -2.22. The monoisotopic (exact) mass is 443 g/mol. The molecule has 1 rings (SSSR count). The molecule has 0 aromatic heterocycles. The summed E-state index contributed by atoms with van der Waals surface area (Å²) in [6.45, 7) is 2.41. The van der Waals surface area contributed by atoms with E-state index in [0.717, 1.165) is 5.56 Å². The summed E-state index contributed by atoms with van der Waals surface area (Å²) in [7, 11) is 0.439. The van der Waals surface area contributed by atoms with E-state index in [1.807, 2.05) is 18.0 Å². The molecular formula is C14H23FIN3O2S. The standard InChI is InChI=1S/C14H22FN3O2S.HI/c1-4-21(19,20)9-8-17-14(16-2)18(3)11-12-6-5-7-13(15)10-12;/h5-7,10H,4,8-9,11H2,1-3H3,(H,16,17);1H. The number of guanidine groups is 1. The van der Waals surface area contributed by atoms with E-state index >= 15 is 0 Å². The van der Waals surface area contributed by atoms with Gasteiger partial charge in [-0.15, -0.1) is 24.0 Å². The van der Waals surface area contributed by atoms with Gasteiger partial charge >= 0.3 is 0 Å². The quantitative estimate of drug-likeness (QED) is 0.415. The topological polar surface area (TPSA) is 61.8 Å². The Morgan fingerprint density at radius 3 is 2.64 bits per heavy atom. The zero-order valence-corrected chi connectivity index (χ0v) is 16.2. The van der Waals surface area contributed by atoms with E-state index in [9.17, 15) is 12.8 Å². The summed E-state index contributed by atoms with van der Waals surface area (Å²) in [5.41, 5.74) is 0.821. The molecular weight excluding hydrogens is 420 g/mol. The summed E-state index contributed by atoms with van der Waals surface area (Å²) < 4.78 is 36.0. The molecule has 0 aliphatic heterocycles. The number of hydrogen-bond donors (Lipinski definition) is 1. The molecule has 0 spiro atoms. The van der Waals surface area contributed by atoms with Gasteiger partial charge in [0, 0.05) is 32.9 Å². The van der Waals surface area contributed by atoms with Gasteiger partial charge < -0.3 is 10.2 Å². The van der Waals surface area contributed by atoms with Crippen molar-refractivity contribution < 1.29 is 12.8 Å². The third kappa shape index (κ3) is 7.39. The Balaban J connectivity index is 0.00000441. The van der Waals surface area contributed by atoms with E-state index in [-0.39, 0.29) is 41.3 Å². The first-order valence-electron chi connectivity index (χ1n) is 6.74. The molecule has 8 heteroatoms. The van der Waals surface area contributed by atoms with Crippen LogP contribution in [0.1, 0.15) is 12.5 Å². The Labute approximate surface area is 148 Å². The summed E-state index contributed by atoms with van der Waals surface area (Å²) in [4.78, 5) is 5.91. The van der Waals surface area contributed by atoms with E-state index in [1.54, 1.807) is 20.0 Å². The maximum absolute atomic E-state index is 13.1. The molecule has 0 aliphatic rings. The second-order valence-corrected chi connectivity index (χ2v) is 7.17. The average molecular weight is 443 g/mol. The van der Waals surface area contributed by atoms with Crippen LogP contribution in [0, 0.1) is 5.82 Å². The number of nitrogens with one attached hydrogen (secondary N) is 1. The van der Waals surface area contributed by atoms with Crippen LogP contribution in [0.15, 0.2) is 29.3 Å². The van der Waals surface area contributed by atoms with E-state index < -0.39 is 9.84 Å². The normalized spacial score (nSPS) is 11.7. The number of sulfone groups is 1. The van der Waals surface area contributed by atoms with Gasteiger partial charge in [0.15, 0.2) is 15.8 Å². The fraction of sp³-hybridized carbons (Fsp3) is 0.500. The summed E-state index contributed by atoms with van der Waals surface area (Å²) in [6.07, 6.45) is 0. The third-order valence-corrected chi connectivity index (χ3v) is 4.72. The molecule has 0 unspecified atom stereocenters. The summed E-state index contributed by atoms with van der Waals surface area (Å²) >= 11 is 0. The SMILES string of the molecule is CCS(=O)(=O)CCNC(=NC)N(C)Cc1cccc(F)c1.I. The van der Waals surface area contributed by atoms with Crippen LogP contribution in [0.4, 0.5) is 4.39 Å². The predicted molar refractivity (Wildman–Crippen MR) is 99.0 cm³/mol. The van der Waals surface area contributed by atoms with E-state index in [0.29, 0.717) is 19.0 Å². The maximum Gasteiger partial charge on any atom is 0.193 e. The summed E-state index contributed by atoms with van der Waals surface area (Å²) in [5.74, 6) is 0.492. The first kappa shape index (κ1) is 21.1. The number of hydrogen-bond acceptors (Lipinski definition) is 3. The predicted octanol–water partition coefficient (Wildman–Crippen LogP) is 1.89.